The number of aromatic amines is 1. The van der Waals surface area contributed by atoms with Crippen molar-refractivity contribution < 1.29 is 14.0 Å². The second kappa shape index (κ2) is 7.77. The summed E-state index contributed by atoms with van der Waals surface area (Å²) in [6, 6.07) is 3.14. The Morgan fingerprint density at radius 3 is 2.83 bits per heavy atom. The van der Waals surface area contributed by atoms with E-state index < -0.39 is 0 Å². The molecule has 0 unspecified atom stereocenters. The molecule has 0 bridgehead atoms. The Labute approximate surface area is 136 Å². The molecular weight excluding hydrogens is 318 g/mol. The SMILES string of the molecule is CSc1nc(C)c(CCC(=O)NCC(=O)c2ccco2)c(=O)[nH]1. The van der Waals surface area contributed by atoms with E-state index in [1.54, 1.807) is 13.0 Å². The number of nitrogens with one attached hydrogen (secondary N) is 2. The third-order valence-corrected chi connectivity index (χ3v) is 3.82. The third-order valence-electron chi connectivity index (χ3n) is 3.24. The second-order valence-corrected chi connectivity index (χ2v) is 5.61. The second-order valence-electron chi connectivity index (χ2n) is 4.82. The van der Waals surface area contributed by atoms with Crippen molar-refractivity contribution in [3.05, 3.63) is 45.8 Å². The van der Waals surface area contributed by atoms with Gasteiger partial charge in [-0.15, -0.1) is 0 Å². The average molecular weight is 335 g/mol. The summed E-state index contributed by atoms with van der Waals surface area (Å²) in [5, 5.41) is 3.06. The first-order chi connectivity index (χ1) is 11.0. The predicted molar refractivity (Wildman–Crippen MR) is 85.7 cm³/mol. The van der Waals surface area contributed by atoms with Gasteiger partial charge in [-0.25, -0.2) is 4.98 Å². The summed E-state index contributed by atoms with van der Waals surface area (Å²) >= 11 is 1.35. The van der Waals surface area contributed by atoms with Crippen molar-refractivity contribution >= 4 is 23.5 Å². The Kier molecular flexibility index (Phi) is 5.75. The molecule has 0 aliphatic carbocycles. The van der Waals surface area contributed by atoms with Gasteiger partial charge in [0.2, 0.25) is 11.7 Å². The predicted octanol–water partition coefficient (Wildman–Crippen LogP) is 1.32. The lowest BCUT2D eigenvalue weighted by molar-refractivity contribution is -0.120. The van der Waals surface area contributed by atoms with E-state index in [-0.39, 0.29) is 42.4 Å². The minimum Gasteiger partial charge on any atom is -0.461 e. The van der Waals surface area contributed by atoms with Crippen LogP contribution in [0, 0.1) is 6.92 Å². The summed E-state index contributed by atoms with van der Waals surface area (Å²) in [4.78, 5) is 42.3. The maximum Gasteiger partial charge on any atom is 0.254 e. The number of rotatable bonds is 7. The first kappa shape index (κ1) is 17.0. The van der Waals surface area contributed by atoms with E-state index in [2.05, 4.69) is 15.3 Å². The van der Waals surface area contributed by atoms with Gasteiger partial charge in [0, 0.05) is 17.7 Å². The van der Waals surface area contributed by atoms with Crippen LogP contribution in [0.25, 0.3) is 0 Å². The topological polar surface area (TPSA) is 105 Å². The Morgan fingerprint density at radius 2 is 2.22 bits per heavy atom. The number of nitrogens with zero attached hydrogens (tertiary/aromatic N) is 1. The molecule has 2 heterocycles. The van der Waals surface area contributed by atoms with Gasteiger partial charge >= 0.3 is 0 Å². The van der Waals surface area contributed by atoms with E-state index in [1.165, 1.54) is 24.1 Å². The number of H-pyrrole nitrogens is 1. The van der Waals surface area contributed by atoms with Crippen molar-refractivity contribution in [2.45, 2.75) is 24.9 Å². The van der Waals surface area contributed by atoms with Crippen molar-refractivity contribution in [3.63, 3.8) is 0 Å². The molecule has 0 aromatic carbocycles. The van der Waals surface area contributed by atoms with E-state index in [0.29, 0.717) is 16.4 Å². The first-order valence-electron chi connectivity index (χ1n) is 6.98. The molecule has 0 aliphatic heterocycles. The Bertz CT molecular complexity index is 753. The zero-order chi connectivity index (χ0) is 16.8. The van der Waals surface area contributed by atoms with Crippen LogP contribution in [0.5, 0.6) is 0 Å². The molecule has 8 heteroatoms. The number of aryl methyl sites for hydroxylation is 1. The van der Waals surface area contributed by atoms with Crippen LogP contribution in [0.3, 0.4) is 0 Å². The van der Waals surface area contributed by atoms with Crippen LogP contribution in [0.2, 0.25) is 0 Å². The van der Waals surface area contributed by atoms with Crippen LogP contribution in [0.15, 0.2) is 32.8 Å². The fourth-order valence-corrected chi connectivity index (χ4v) is 2.43. The summed E-state index contributed by atoms with van der Waals surface area (Å²) in [5.74, 6) is -0.407. The summed E-state index contributed by atoms with van der Waals surface area (Å²) in [6.07, 6.45) is 3.59. The number of aromatic nitrogens is 2. The molecule has 2 N–H and O–H groups in total. The lowest BCUT2D eigenvalue weighted by atomic mass is 10.1. The zero-order valence-electron chi connectivity index (χ0n) is 12.8. The number of carbonyl (C=O) groups is 2. The fourth-order valence-electron chi connectivity index (χ4n) is 2.01. The fraction of sp³-hybridized carbons (Fsp3) is 0.333. The Morgan fingerprint density at radius 1 is 1.43 bits per heavy atom. The van der Waals surface area contributed by atoms with Gasteiger partial charge in [-0.1, -0.05) is 11.8 Å². The first-order valence-corrected chi connectivity index (χ1v) is 8.21. The normalized spacial score (nSPS) is 10.5. The maximum atomic E-state index is 11.9. The van der Waals surface area contributed by atoms with Gasteiger partial charge in [0.25, 0.3) is 5.56 Å². The number of furan rings is 1. The minimum absolute atomic E-state index is 0.107. The van der Waals surface area contributed by atoms with Gasteiger partial charge in [0.15, 0.2) is 10.9 Å². The van der Waals surface area contributed by atoms with Gasteiger partial charge in [-0.05, 0) is 31.7 Å². The molecule has 23 heavy (non-hydrogen) atoms. The molecule has 2 aromatic rings. The Balaban J connectivity index is 1.87. The molecule has 0 spiro atoms. The van der Waals surface area contributed by atoms with Gasteiger partial charge in [0.1, 0.15) is 0 Å². The molecule has 2 rings (SSSR count). The van der Waals surface area contributed by atoms with Crippen LogP contribution in [0.1, 0.15) is 28.2 Å². The molecule has 0 atom stereocenters. The van der Waals surface area contributed by atoms with Crippen molar-refractivity contribution in [3.8, 4) is 0 Å². The molecule has 0 saturated carbocycles. The molecule has 7 nitrogen and oxygen atoms in total. The summed E-state index contributed by atoms with van der Waals surface area (Å²) in [6.45, 7) is 1.61. The standard InChI is InChI=1S/C15H17N3O4S/c1-9-10(14(21)18-15(17-9)23-2)5-6-13(20)16-8-11(19)12-4-3-7-22-12/h3-4,7H,5-6,8H2,1-2H3,(H,16,20)(H,17,18,21). The number of ketones is 1. The van der Waals surface area contributed by atoms with Crippen molar-refractivity contribution in [1.82, 2.24) is 15.3 Å². The van der Waals surface area contributed by atoms with Crippen LogP contribution >= 0.6 is 11.8 Å². The monoisotopic (exact) mass is 335 g/mol. The Hall–Kier alpha value is -2.35. The summed E-state index contributed by atoms with van der Waals surface area (Å²) in [5.41, 5.74) is 0.856. The molecule has 0 fully saturated rings. The highest BCUT2D eigenvalue weighted by molar-refractivity contribution is 7.98. The van der Waals surface area contributed by atoms with Crippen molar-refractivity contribution in [2.24, 2.45) is 0 Å². The molecule has 0 saturated heterocycles. The van der Waals surface area contributed by atoms with Crippen LogP contribution in [-0.4, -0.2) is 34.5 Å². The lowest BCUT2D eigenvalue weighted by Gasteiger charge is -2.06. The third kappa shape index (κ3) is 4.56. The highest BCUT2D eigenvalue weighted by Gasteiger charge is 2.13. The molecule has 2 aromatic heterocycles. The lowest BCUT2D eigenvalue weighted by Crippen LogP contribution is -2.30. The van der Waals surface area contributed by atoms with E-state index in [0.717, 1.165) is 0 Å². The quantitative estimate of drug-likeness (QED) is 0.449. The maximum absolute atomic E-state index is 11.9. The molecule has 122 valence electrons. The van der Waals surface area contributed by atoms with Crippen molar-refractivity contribution in [2.75, 3.05) is 12.8 Å². The largest absolute Gasteiger partial charge is 0.461 e. The number of thioether (sulfide) groups is 1. The molecule has 0 radical (unpaired) electrons. The summed E-state index contributed by atoms with van der Waals surface area (Å²) < 4.78 is 4.95. The average Bonchev–Trinajstić information content (AvgIpc) is 3.06. The van der Waals surface area contributed by atoms with Gasteiger partial charge in [-0.2, -0.15) is 0 Å². The van der Waals surface area contributed by atoms with Gasteiger partial charge in [-0.3, -0.25) is 14.4 Å². The van der Waals surface area contributed by atoms with E-state index >= 15 is 0 Å². The van der Waals surface area contributed by atoms with Gasteiger partial charge in [0.05, 0.1) is 12.8 Å². The highest BCUT2D eigenvalue weighted by Crippen LogP contribution is 2.09. The van der Waals surface area contributed by atoms with E-state index in [4.69, 9.17) is 4.42 Å². The minimum atomic E-state index is -0.308. The van der Waals surface area contributed by atoms with Crippen LogP contribution in [0.4, 0.5) is 0 Å². The molecular formula is C15H17N3O4S. The highest BCUT2D eigenvalue weighted by atomic mass is 32.2. The van der Waals surface area contributed by atoms with Crippen LogP contribution in [-0.2, 0) is 11.2 Å². The summed E-state index contributed by atoms with van der Waals surface area (Å²) in [7, 11) is 0. The number of amides is 1. The number of Topliss-reactive ketones (excluding diaryl/α,β-unsaturated/α-hetero) is 1. The smallest absolute Gasteiger partial charge is 0.254 e. The number of hydrogen-bond donors (Lipinski definition) is 2. The van der Waals surface area contributed by atoms with Gasteiger partial charge < -0.3 is 14.7 Å². The number of carbonyl (C=O) groups excluding carboxylic acids is 2. The zero-order valence-corrected chi connectivity index (χ0v) is 13.7. The molecule has 0 aliphatic rings. The number of hydrogen-bond acceptors (Lipinski definition) is 6. The molecule has 1 amide bonds. The van der Waals surface area contributed by atoms with Crippen LogP contribution < -0.4 is 10.9 Å². The van der Waals surface area contributed by atoms with Crippen molar-refractivity contribution in [1.29, 1.82) is 0 Å². The van der Waals surface area contributed by atoms with E-state index in [9.17, 15) is 14.4 Å². The van der Waals surface area contributed by atoms with E-state index in [1.807, 2.05) is 6.26 Å².